The number of nitro benzene ring substituents is 1. The zero-order valence-corrected chi connectivity index (χ0v) is 13.3. The van der Waals surface area contributed by atoms with Crippen molar-refractivity contribution < 1.29 is 23.9 Å². The number of hydrogen-bond donors (Lipinski definition) is 1. The van der Waals surface area contributed by atoms with Crippen molar-refractivity contribution in [2.24, 2.45) is 0 Å². The summed E-state index contributed by atoms with van der Waals surface area (Å²) in [7, 11) is 0. The quantitative estimate of drug-likeness (QED) is 0.609. The highest BCUT2D eigenvalue weighted by atomic mass is 16.7. The second kappa shape index (κ2) is 7.52. The van der Waals surface area contributed by atoms with Gasteiger partial charge in [0.2, 0.25) is 6.79 Å². The molecule has 2 aromatic rings. The largest absolute Gasteiger partial charge is 0.484 e. The lowest BCUT2D eigenvalue weighted by atomic mass is 10.1. The first kappa shape index (κ1) is 16.6. The van der Waals surface area contributed by atoms with E-state index in [1.165, 1.54) is 18.2 Å². The zero-order chi connectivity index (χ0) is 17.6. The molecule has 1 amide bonds. The molecular formula is C17H16N2O6. The molecule has 0 aromatic heterocycles. The Kier molecular flexibility index (Phi) is 4.98. The molecule has 1 aliphatic rings. The summed E-state index contributed by atoms with van der Waals surface area (Å²) >= 11 is 0. The molecule has 25 heavy (non-hydrogen) atoms. The molecule has 0 spiro atoms. The van der Waals surface area contributed by atoms with Crippen LogP contribution in [0.4, 0.5) is 5.69 Å². The predicted molar refractivity (Wildman–Crippen MR) is 87.9 cm³/mol. The summed E-state index contributed by atoms with van der Waals surface area (Å²) in [5, 5.41) is 13.4. The summed E-state index contributed by atoms with van der Waals surface area (Å²) in [4.78, 5) is 22.0. The van der Waals surface area contributed by atoms with E-state index in [4.69, 9.17) is 14.2 Å². The van der Waals surface area contributed by atoms with Crippen LogP contribution in [0.25, 0.3) is 0 Å². The van der Waals surface area contributed by atoms with Gasteiger partial charge >= 0.3 is 0 Å². The number of hydrogen-bond acceptors (Lipinski definition) is 6. The van der Waals surface area contributed by atoms with Crippen LogP contribution >= 0.6 is 0 Å². The van der Waals surface area contributed by atoms with Crippen molar-refractivity contribution in [3.05, 3.63) is 58.1 Å². The third-order valence-electron chi connectivity index (χ3n) is 3.57. The number of ether oxygens (including phenoxy) is 3. The van der Waals surface area contributed by atoms with E-state index in [1.54, 1.807) is 6.07 Å². The van der Waals surface area contributed by atoms with Gasteiger partial charge in [0.15, 0.2) is 18.1 Å². The number of carbonyl (C=O) groups is 1. The highest BCUT2D eigenvalue weighted by molar-refractivity contribution is 5.77. The summed E-state index contributed by atoms with van der Waals surface area (Å²) in [6.45, 7) is 0.462. The fourth-order valence-corrected chi connectivity index (χ4v) is 2.33. The van der Waals surface area contributed by atoms with Crippen LogP contribution in [0.3, 0.4) is 0 Å². The number of non-ortho nitro benzene ring substituents is 1. The highest BCUT2D eigenvalue weighted by Gasteiger charge is 2.13. The van der Waals surface area contributed by atoms with E-state index in [2.05, 4.69) is 5.32 Å². The van der Waals surface area contributed by atoms with Gasteiger partial charge in [0.25, 0.3) is 11.6 Å². The van der Waals surface area contributed by atoms with Gasteiger partial charge in [-0.25, -0.2) is 0 Å². The van der Waals surface area contributed by atoms with Gasteiger partial charge < -0.3 is 19.5 Å². The third-order valence-corrected chi connectivity index (χ3v) is 3.57. The number of nitrogens with zero attached hydrogens (tertiary/aromatic N) is 1. The van der Waals surface area contributed by atoms with Crippen molar-refractivity contribution in [3.63, 3.8) is 0 Å². The van der Waals surface area contributed by atoms with Crippen molar-refractivity contribution in [3.8, 4) is 17.2 Å². The fraction of sp³-hybridized carbons (Fsp3) is 0.235. The normalized spacial score (nSPS) is 11.8. The molecule has 3 rings (SSSR count). The smallest absolute Gasteiger partial charge is 0.273 e. The van der Waals surface area contributed by atoms with Crippen LogP contribution in [-0.4, -0.2) is 30.8 Å². The second-order valence-electron chi connectivity index (χ2n) is 5.33. The molecule has 1 N–H and O–H groups in total. The maximum atomic E-state index is 11.8. The van der Waals surface area contributed by atoms with Crippen molar-refractivity contribution >= 4 is 11.6 Å². The van der Waals surface area contributed by atoms with Crippen LogP contribution in [0.1, 0.15) is 5.56 Å². The average Bonchev–Trinajstić information content (AvgIpc) is 3.08. The van der Waals surface area contributed by atoms with Crippen molar-refractivity contribution in [2.45, 2.75) is 6.42 Å². The van der Waals surface area contributed by atoms with Crippen molar-refractivity contribution in [2.75, 3.05) is 19.9 Å². The Labute approximate surface area is 143 Å². The monoisotopic (exact) mass is 344 g/mol. The molecule has 8 heteroatoms. The Hall–Kier alpha value is -3.29. The lowest BCUT2D eigenvalue weighted by Crippen LogP contribution is -2.30. The van der Waals surface area contributed by atoms with E-state index in [1.807, 2.05) is 18.2 Å². The predicted octanol–water partition coefficient (Wildman–Crippen LogP) is 2.06. The van der Waals surface area contributed by atoms with E-state index in [-0.39, 0.29) is 30.7 Å². The van der Waals surface area contributed by atoms with Crippen LogP contribution in [0.2, 0.25) is 0 Å². The number of carbonyl (C=O) groups excluding carboxylic acids is 1. The van der Waals surface area contributed by atoms with E-state index >= 15 is 0 Å². The molecule has 0 bridgehead atoms. The van der Waals surface area contributed by atoms with Crippen LogP contribution < -0.4 is 19.5 Å². The van der Waals surface area contributed by atoms with Gasteiger partial charge in [-0.15, -0.1) is 0 Å². The Balaban J connectivity index is 1.42. The molecule has 2 aromatic carbocycles. The first-order valence-corrected chi connectivity index (χ1v) is 7.64. The van der Waals surface area contributed by atoms with Gasteiger partial charge in [0.05, 0.1) is 11.0 Å². The summed E-state index contributed by atoms with van der Waals surface area (Å²) in [5.74, 6) is 1.41. The summed E-state index contributed by atoms with van der Waals surface area (Å²) in [5.41, 5.74) is 0.935. The Morgan fingerprint density at radius 2 is 2.04 bits per heavy atom. The minimum absolute atomic E-state index is 0.0827. The van der Waals surface area contributed by atoms with Crippen molar-refractivity contribution in [1.29, 1.82) is 0 Å². The van der Waals surface area contributed by atoms with Gasteiger partial charge in [-0.2, -0.15) is 0 Å². The van der Waals surface area contributed by atoms with E-state index in [9.17, 15) is 14.9 Å². The van der Waals surface area contributed by atoms with Crippen LogP contribution in [0.5, 0.6) is 17.2 Å². The average molecular weight is 344 g/mol. The number of fused-ring (bicyclic) bond motifs is 1. The summed E-state index contributed by atoms with van der Waals surface area (Å²) in [6.07, 6.45) is 0.638. The van der Waals surface area contributed by atoms with Gasteiger partial charge in [-0.1, -0.05) is 12.1 Å². The Morgan fingerprint density at radius 3 is 2.88 bits per heavy atom. The van der Waals surface area contributed by atoms with Gasteiger partial charge in [0, 0.05) is 12.6 Å². The molecular weight excluding hydrogens is 328 g/mol. The zero-order valence-electron chi connectivity index (χ0n) is 13.3. The van der Waals surface area contributed by atoms with Crippen LogP contribution in [0.15, 0.2) is 42.5 Å². The Bertz CT molecular complexity index is 792. The first-order chi connectivity index (χ1) is 12.1. The fourth-order valence-electron chi connectivity index (χ4n) is 2.33. The SMILES string of the molecule is O=C(COc1cccc([N+](=O)[O-])c1)NCCc1ccc2c(c1)OCO2. The van der Waals surface area contributed by atoms with Gasteiger partial charge in [0.1, 0.15) is 5.75 Å². The second-order valence-corrected chi connectivity index (χ2v) is 5.33. The first-order valence-electron chi connectivity index (χ1n) is 7.64. The minimum Gasteiger partial charge on any atom is -0.484 e. The van der Waals surface area contributed by atoms with Crippen LogP contribution in [-0.2, 0) is 11.2 Å². The number of amides is 1. The maximum Gasteiger partial charge on any atom is 0.273 e. The van der Waals surface area contributed by atoms with Gasteiger partial charge in [-0.05, 0) is 30.2 Å². The Morgan fingerprint density at radius 1 is 1.20 bits per heavy atom. The minimum atomic E-state index is -0.516. The van der Waals surface area contributed by atoms with Crippen LogP contribution in [0, 0.1) is 10.1 Å². The third kappa shape index (κ3) is 4.37. The lowest BCUT2D eigenvalue weighted by molar-refractivity contribution is -0.384. The standard InChI is InChI=1S/C17H16N2O6/c20-17(10-23-14-3-1-2-13(9-14)19(21)22)18-7-6-12-4-5-15-16(8-12)25-11-24-15/h1-5,8-9H,6-7,10-11H2,(H,18,20). The molecule has 1 aliphatic heterocycles. The number of nitro groups is 1. The van der Waals surface area contributed by atoms with Crippen molar-refractivity contribution in [1.82, 2.24) is 5.32 Å². The van der Waals surface area contributed by atoms with E-state index in [0.29, 0.717) is 18.7 Å². The maximum absolute atomic E-state index is 11.8. The molecule has 130 valence electrons. The molecule has 0 saturated heterocycles. The highest BCUT2D eigenvalue weighted by Crippen LogP contribution is 2.32. The molecule has 1 heterocycles. The molecule has 8 nitrogen and oxygen atoms in total. The molecule has 0 radical (unpaired) electrons. The molecule has 0 atom stereocenters. The number of benzene rings is 2. The van der Waals surface area contributed by atoms with E-state index < -0.39 is 4.92 Å². The van der Waals surface area contributed by atoms with E-state index in [0.717, 1.165) is 11.3 Å². The lowest BCUT2D eigenvalue weighted by Gasteiger charge is -2.08. The topological polar surface area (TPSA) is 99.9 Å². The summed E-state index contributed by atoms with van der Waals surface area (Å²) in [6, 6.07) is 11.3. The molecule has 0 aliphatic carbocycles. The number of rotatable bonds is 7. The molecule has 0 unspecified atom stereocenters. The number of nitrogens with one attached hydrogen (secondary N) is 1. The van der Waals surface area contributed by atoms with Gasteiger partial charge in [-0.3, -0.25) is 14.9 Å². The molecule has 0 fully saturated rings. The molecule has 0 saturated carbocycles. The summed E-state index contributed by atoms with van der Waals surface area (Å²) < 4.78 is 15.8.